The summed E-state index contributed by atoms with van der Waals surface area (Å²) >= 11 is 3.43. The Bertz CT molecular complexity index is 1220. The van der Waals surface area contributed by atoms with Gasteiger partial charge in [0.2, 0.25) is 0 Å². The maximum atomic E-state index is 14.0. The molecule has 1 aromatic heterocycles. The van der Waals surface area contributed by atoms with E-state index in [-0.39, 0.29) is 5.56 Å². The Morgan fingerprint density at radius 1 is 1.23 bits per heavy atom. The number of halogens is 2. The lowest BCUT2D eigenvalue weighted by Gasteiger charge is -2.29. The molecule has 31 heavy (non-hydrogen) atoms. The molecule has 1 aliphatic heterocycles. The molecule has 0 radical (unpaired) electrons. The summed E-state index contributed by atoms with van der Waals surface area (Å²) < 4.78 is 21.6. The lowest BCUT2D eigenvalue weighted by Crippen LogP contribution is -2.38. The lowest BCUT2D eigenvalue weighted by molar-refractivity contribution is 0.0216. The number of likely N-dealkylation sites (tertiary alicyclic amines) is 1. The summed E-state index contributed by atoms with van der Waals surface area (Å²) in [6, 6.07) is 10.7. The number of amides is 1. The van der Waals surface area contributed by atoms with Crippen LogP contribution in [0, 0.1) is 5.82 Å². The monoisotopic (exact) mass is 487 g/mol. The van der Waals surface area contributed by atoms with Gasteiger partial charge in [-0.15, -0.1) is 0 Å². The third-order valence-electron chi connectivity index (χ3n) is 5.12. The van der Waals surface area contributed by atoms with Crippen molar-refractivity contribution >= 4 is 32.9 Å². The van der Waals surface area contributed by atoms with Crippen LogP contribution in [0.5, 0.6) is 0 Å². The summed E-state index contributed by atoms with van der Waals surface area (Å²) in [6.45, 7) is 5.93. The highest BCUT2D eigenvalue weighted by molar-refractivity contribution is 9.10. The number of carbonyl (C=O) groups is 1. The van der Waals surface area contributed by atoms with Crippen LogP contribution in [0.25, 0.3) is 16.6 Å². The lowest BCUT2D eigenvalue weighted by atomic mass is 10.1. The van der Waals surface area contributed by atoms with Crippen LogP contribution < -0.4 is 5.56 Å². The second kappa shape index (κ2) is 8.07. The number of hydrogen-bond acceptors (Lipinski definition) is 4. The molecule has 4 rings (SSSR count). The van der Waals surface area contributed by atoms with E-state index in [4.69, 9.17) is 9.72 Å². The van der Waals surface area contributed by atoms with Crippen molar-refractivity contribution in [2.75, 3.05) is 6.54 Å². The number of hydrogen-bond donors (Lipinski definition) is 0. The van der Waals surface area contributed by atoms with Gasteiger partial charge in [-0.25, -0.2) is 14.2 Å². The molecule has 162 valence electrons. The molecule has 0 spiro atoms. The molecule has 0 saturated carbocycles. The van der Waals surface area contributed by atoms with Gasteiger partial charge in [0.15, 0.2) is 0 Å². The van der Waals surface area contributed by atoms with Gasteiger partial charge < -0.3 is 4.74 Å². The minimum absolute atomic E-state index is 0.325. The molecule has 0 aliphatic carbocycles. The number of nitrogens with zero attached hydrogens (tertiary/aromatic N) is 3. The van der Waals surface area contributed by atoms with E-state index in [0.29, 0.717) is 39.9 Å². The molecule has 1 unspecified atom stereocenters. The Hall–Kier alpha value is -2.74. The number of aromatic nitrogens is 2. The average Bonchev–Trinajstić information content (AvgIpc) is 3.16. The predicted octanol–water partition coefficient (Wildman–Crippen LogP) is 5.36. The number of carbonyl (C=O) groups excluding carboxylic acids is 1. The van der Waals surface area contributed by atoms with Crippen LogP contribution in [0.15, 0.2) is 51.7 Å². The fraction of sp³-hybridized carbons (Fsp3) is 0.348. The summed E-state index contributed by atoms with van der Waals surface area (Å²) in [4.78, 5) is 32.8. The number of benzene rings is 2. The largest absolute Gasteiger partial charge is 0.444 e. The first-order chi connectivity index (χ1) is 14.7. The van der Waals surface area contributed by atoms with Gasteiger partial charge in [0, 0.05) is 11.0 Å². The quantitative estimate of drug-likeness (QED) is 0.487. The van der Waals surface area contributed by atoms with Gasteiger partial charge in [0.1, 0.15) is 17.2 Å². The van der Waals surface area contributed by atoms with Crippen LogP contribution in [-0.2, 0) is 4.74 Å². The zero-order valence-corrected chi connectivity index (χ0v) is 19.1. The van der Waals surface area contributed by atoms with Gasteiger partial charge in [-0.2, -0.15) is 0 Å². The highest BCUT2D eigenvalue weighted by Gasteiger charge is 2.36. The standard InChI is InChI=1S/C23H23BrFN3O3/c1-23(2,3)31-22(30)27-12-6-11-18(27)20-26-17-10-5-9-16(24)19(17)21(29)28(20)15-8-4-7-14(25)13-15/h4-5,7-10,13,18H,6,11-12H2,1-3H3. The molecule has 0 bridgehead atoms. The second-order valence-electron chi connectivity index (χ2n) is 8.56. The Kier molecular flexibility index (Phi) is 5.60. The molecule has 6 nitrogen and oxygen atoms in total. The minimum atomic E-state index is -0.645. The topological polar surface area (TPSA) is 64.4 Å². The normalized spacial score (nSPS) is 16.7. The molecule has 1 atom stereocenters. The van der Waals surface area contributed by atoms with Crippen LogP contribution in [0.1, 0.15) is 45.5 Å². The summed E-state index contributed by atoms with van der Waals surface area (Å²) in [7, 11) is 0. The van der Waals surface area contributed by atoms with E-state index < -0.39 is 23.6 Å². The van der Waals surface area contributed by atoms with Crippen molar-refractivity contribution in [2.24, 2.45) is 0 Å². The summed E-state index contributed by atoms with van der Waals surface area (Å²) in [6.07, 6.45) is 0.921. The van der Waals surface area contributed by atoms with Crippen LogP contribution in [-0.4, -0.2) is 32.7 Å². The second-order valence-corrected chi connectivity index (χ2v) is 9.41. The average molecular weight is 488 g/mol. The van der Waals surface area contributed by atoms with Gasteiger partial charge in [-0.3, -0.25) is 14.3 Å². The molecule has 2 aromatic carbocycles. The van der Waals surface area contributed by atoms with Crippen molar-refractivity contribution < 1.29 is 13.9 Å². The van der Waals surface area contributed by atoms with Crippen LogP contribution >= 0.6 is 15.9 Å². The van der Waals surface area contributed by atoms with E-state index in [1.165, 1.54) is 16.7 Å². The van der Waals surface area contributed by atoms with Gasteiger partial charge in [-0.1, -0.05) is 12.1 Å². The van der Waals surface area contributed by atoms with E-state index in [1.807, 2.05) is 20.8 Å². The number of ether oxygens (including phenoxy) is 1. The maximum Gasteiger partial charge on any atom is 0.410 e. The smallest absolute Gasteiger partial charge is 0.410 e. The zero-order valence-electron chi connectivity index (χ0n) is 17.6. The summed E-state index contributed by atoms with van der Waals surface area (Å²) in [5, 5.41) is 0.400. The molecular weight excluding hydrogens is 465 g/mol. The van der Waals surface area contributed by atoms with Crippen LogP contribution in [0.2, 0.25) is 0 Å². The molecule has 1 saturated heterocycles. The molecular formula is C23H23BrFN3O3. The summed E-state index contributed by atoms with van der Waals surface area (Å²) in [5.41, 5.74) is -0.0953. The molecule has 2 heterocycles. The molecule has 1 fully saturated rings. The minimum Gasteiger partial charge on any atom is -0.444 e. The molecule has 0 N–H and O–H groups in total. The van der Waals surface area contributed by atoms with Gasteiger partial charge in [-0.05, 0) is 79.9 Å². The van der Waals surface area contributed by atoms with Crippen LogP contribution in [0.3, 0.4) is 0 Å². The predicted molar refractivity (Wildman–Crippen MR) is 120 cm³/mol. The van der Waals surface area contributed by atoms with E-state index in [9.17, 15) is 14.0 Å². The molecule has 3 aromatic rings. The first-order valence-electron chi connectivity index (χ1n) is 10.1. The van der Waals surface area contributed by atoms with E-state index in [1.54, 1.807) is 35.2 Å². The van der Waals surface area contributed by atoms with E-state index in [2.05, 4.69) is 15.9 Å². The van der Waals surface area contributed by atoms with Crippen molar-refractivity contribution in [2.45, 2.75) is 45.3 Å². The molecule has 1 aliphatic rings. The van der Waals surface area contributed by atoms with E-state index in [0.717, 1.165) is 6.42 Å². The van der Waals surface area contributed by atoms with Crippen molar-refractivity contribution in [3.05, 3.63) is 68.9 Å². The third-order valence-corrected chi connectivity index (χ3v) is 5.78. The first kappa shape index (κ1) is 21.5. The van der Waals surface area contributed by atoms with Gasteiger partial charge in [0.05, 0.1) is 22.6 Å². The Morgan fingerprint density at radius 2 is 1.97 bits per heavy atom. The van der Waals surface area contributed by atoms with Crippen molar-refractivity contribution in [3.63, 3.8) is 0 Å². The van der Waals surface area contributed by atoms with Gasteiger partial charge in [0.25, 0.3) is 5.56 Å². The molecule has 1 amide bonds. The third kappa shape index (κ3) is 4.21. The summed E-state index contributed by atoms with van der Waals surface area (Å²) in [5.74, 6) is -0.0671. The van der Waals surface area contributed by atoms with E-state index >= 15 is 0 Å². The Balaban J connectivity index is 1.93. The molecule has 8 heteroatoms. The zero-order chi connectivity index (χ0) is 22.3. The highest BCUT2D eigenvalue weighted by atomic mass is 79.9. The van der Waals surface area contributed by atoms with Crippen LogP contribution in [0.4, 0.5) is 9.18 Å². The van der Waals surface area contributed by atoms with Crippen molar-refractivity contribution in [3.8, 4) is 5.69 Å². The first-order valence-corrected chi connectivity index (χ1v) is 10.9. The SMILES string of the molecule is CC(C)(C)OC(=O)N1CCCC1c1nc2cccc(Br)c2c(=O)n1-c1cccc(F)c1. The Labute approximate surface area is 187 Å². The fourth-order valence-electron chi connectivity index (χ4n) is 3.87. The maximum absolute atomic E-state index is 14.0. The van der Waals surface area contributed by atoms with Crippen molar-refractivity contribution in [1.82, 2.24) is 14.5 Å². The number of fused-ring (bicyclic) bond motifs is 1. The van der Waals surface area contributed by atoms with Gasteiger partial charge >= 0.3 is 6.09 Å². The number of rotatable bonds is 2. The Morgan fingerprint density at radius 3 is 2.68 bits per heavy atom. The fourth-order valence-corrected chi connectivity index (χ4v) is 4.39. The highest BCUT2D eigenvalue weighted by Crippen LogP contribution is 2.34. The van der Waals surface area contributed by atoms with Crippen molar-refractivity contribution in [1.29, 1.82) is 0 Å².